The molecule has 0 bridgehead atoms. The molecule has 0 saturated carbocycles. The van der Waals surface area contributed by atoms with E-state index in [0.29, 0.717) is 12.0 Å². The van der Waals surface area contributed by atoms with E-state index in [1.54, 1.807) is 6.07 Å². The summed E-state index contributed by atoms with van der Waals surface area (Å²) >= 11 is 3.35. The highest BCUT2D eigenvalue weighted by atomic mass is 79.9. The summed E-state index contributed by atoms with van der Waals surface area (Å²) in [5, 5.41) is 0. The van der Waals surface area contributed by atoms with Crippen LogP contribution < -0.4 is 0 Å². The quantitative estimate of drug-likeness (QED) is 0.801. The molecule has 0 radical (unpaired) electrons. The van der Waals surface area contributed by atoms with Crippen LogP contribution in [0.5, 0.6) is 0 Å². The fraction of sp³-hybridized carbons (Fsp3) is 0.235. The second-order valence-corrected chi connectivity index (χ2v) is 5.98. The molecule has 0 aliphatic heterocycles. The summed E-state index contributed by atoms with van der Waals surface area (Å²) in [6, 6.07) is 10.5. The molecule has 0 saturated heterocycles. The highest BCUT2D eigenvalue weighted by Gasteiger charge is 2.09. The summed E-state index contributed by atoms with van der Waals surface area (Å²) in [5.74, 6) is -0.233. The standard InChI is InChI=1S/C17H16BrFO/c1-11-5-12(2)7-13(6-11)8-16(20)10-14-9-15(19)3-4-17(14)18/h3-7,9H,8,10H2,1-2H3. The first-order valence-corrected chi connectivity index (χ1v) is 7.26. The van der Waals surface area contributed by atoms with Crippen molar-refractivity contribution >= 4 is 21.7 Å². The number of Topliss-reactive ketones (excluding diaryl/α,β-unsaturated/α-hetero) is 1. The smallest absolute Gasteiger partial charge is 0.141 e. The van der Waals surface area contributed by atoms with Gasteiger partial charge in [-0.3, -0.25) is 4.79 Å². The second-order valence-electron chi connectivity index (χ2n) is 5.12. The predicted octanol–water partition coefficient (Wildman–Crippen LogP) is 4.56. The van der Waals surface area contributed by atoms with Crippen molar-refractivity contribution in [1.29, 1.82) is 0 Å². The predicted molar refractivity (Wildman–Crippen MR) is 82.4 cm³/mol. The Morgan fingerprint density at radius 1 is 1.05 bits per heavy atom. The Labute approximate surface area is 127 Å². The van der Waals surface area contributed by atoms with Gasteiger partial charge >= 0.3 is 0 Å². The maximum absolute atomic E-state index is 13.2. The zero-order valence-electron chi connectivity index (χ0n) is 11.5. The van der Waals surface area contributed by atoms with Crippen LogP contribution in [0.4, 0.5) is 4.39 Å². The van der Waals surface area contributed by atoms with Crippen LogP contribution >= 0.6 is 15.9 Å². The van der Waals surface area contributed by atoms with Crippen LogP contribution in [0.25, 0.3) is 0 Å². The summed E-state index contributed by atoms with van der Waals surface area (Å²) in [6.07, 6.45) is 0.622. The van der Waals surface area contributed by atoms with Crippen molar-refractivity contribution in [3.05, 3.63) is 68.9 Å². The number of carbonyl (C=O) groups is 1. The van der Waals surface area contributed by atoms with Gasteiger partial charge in [0.25, 0.3) is 0 Å². The topological polar surface area (TPSA) is 17.1 Å². The normalized spacial score (nSPS) is 10.6. The van der Waals surface area contributed by atoms with Crippen molar-refractivity contribution in [2.24, 2.45) is 0 Å². The van der Waals surface area contributed by atoms with E-state index in [1.165, 1.54) is 12.1 Å². The maximum atomic E-state index is 13.2. The molecule has 0 N–H and O–H groups in total. The molecule has 2 aromatic rings. The molecule has 0 fully saturated rings. The van der Waals surface area contributed by atoms with Gasteiger partial charge in [0.05, 0.1) is 0 Å². The number of hydrogen-bond donors (Lipinski definition) is 0. The number of hydrogen-bond acceptors (Lipinski definition) is 1. The monoisotopic (exact) mass is 334 g/mol. The first-order chi connectivity index (χ1) is 9.44. The minimum Gasteiger partial charge on any atom is -0.299 e. The Morgan fingerprint density at radius 2 is 1.70 bits per heavy atom. The molecule has 0 atom stereocenters. The minimum atomic E-state index is -0.317. The van der Waals surface area contributed by atoms with Crippen LogP contribution in [-0.2, 0) is 17.6 Å². The fourth-order valence-electron chi connectivity index (χ4n) is 2.35. The van der Waals surface area contributed by atoms with Gasteiger partial charge in [-0.25, -0.2) is 4.39 Å². The van der Waals surface area contributed by atoms with E-state index in [9.17, 15) is 9.18 Å². The molecule has 2 aromatic carbocycles. The van der Waals surface area contributed by atoms with Crippen molar-refractivity contribution in [3.8, 4) is 0 Å². The Balaban J connectivity index is 2.11. The third-order valence-electron chi connectivity index (χ3n) is 3.08. The zero-order valence-corrected chi connectivity index (χ0v) is 13.1. The Bertz CT molecular complexity index is 629. The molecule has 0 aliphatic carbocycles. The van der Waals surface area contributed by atoms with E-state index in [4.69, 9.17) is 0 Å². The van der Waals surface area contributed by atoms with Crippen LogP contribution in [0.15, 0.2) is 40.9 Å². The average Bonchev–Trinajstić information content (AvgIpc) is 2.32. The molecule has 3 heteroatoms. The van der Waals surface area contributed by atoms with Gasteiger partial charge in [-0.05, 0) is 43.2 Å². The highest BCUT2D eigenvalue weighted by Crippen LogP contribution is 2.19. The molecule has 0 heterocycles. The lowest BCUT2D eigenvalue weighted by molar-refractivity contribution is -0.117. The number of aryl methyl sites for hydroxylation is 2. The molecule has 0 aromatic heterocycles. The van der Waals surface area contributed by atoms with Gasteiger partial charge in [-0.15, -0.1) is 0 Å². The van der Waals surface area contributed by atoms with Gasteiger partial charge in [0.15, 0.2) is 0 Å². The van der Waals surface area contributed by atoms with Gasteiger partial charge in [0.1, 0.15) is 11.6 Å². The summed E-state index contributed by atoms with van der Waals surface area (Å²) in [4.78, 5) is 12.1. The molecular formula is C17H16BrFO. The third kappa shape index (κ3) is 4.01. The summed E-state index contributed by atoms with van der Waals surface area (Å²) < 4.78 is 14.0. The molecule has 0 unspecified atom stereocenters. The number of halogens is 2. The first-order valence-electron chi connectivity index (χ1n) is 6.47. The molecule has 0 aliphatic rings. The van der Waals surface area contributed by atoms with Crippen LogP contribution in [0.2, 0.25) is 0 Å². The van der Waals surface area contributed by atoms with Gasteiger partial charge in [0.2, 0.25) is 0 Å². The van der Waals surface area contributed by atoms with Gasteiger partial charge in [-0.1, -0.05) is 45.3 Å². The average molecular weight is 335 g/mol. The highest BCUT2D eigenvalue weighted by molar-refractivity contribution is 9.10. The lowest BCUT2D eigenvalue weighted by Crippen LogP contribution is -2.07. The maximum Gasteiger partial charge on any atom is 0.141 e. The van der Waals surface area contributed by atoms with Gasteiger partial charge in [0, 0.05) is 17.3 Å². The lowest BCUT2D eigenvalue weighted by Gasteiger charge is -2.06. The fourth-order valence-corrected chi connectivity index (χ4v) is 2.74. The van der Waals surface area contributed by atoms with E-state index >= 15 is 0 Å². The number of benzene rings is 2. The van der Waals surface area contributed by atoms with Crippen molar-refractivity contribution in [2.45, 2.75) is 26.7 Å². The number of ketones is 1. The van der Waals surface area contributed by atoms with Crippen LogP contribution in [0, 0.1) is 19.7 Å². The van der Waals surface area contributed by atoms with Crippen molar-refractivity contribution < 1.29 is 9.18 Å². The van der Waals surface area contributed by atoms with E-state index in [2.05, 4.69) is 22.0 Å². The van der Waals surface area contributed by atoms with Crippen molar-refractivity contribution in [3.63, 3.8) is 0 Å². The molecule has 0 amide bonds. The first kappa shape index (κ1) is 14.9. The third-order valence-corrected chi connectivity index (χ3v) is 3.85. The molecule has 1 nitrogen and oxygen atoms in total. The van der Waals surface area contributed by atoms with Crippen LogP contribution in [-0.4, -0.2) is 5.78 Å². The SMILES string of the molecule is Cc1cc(C)cc(CC(=O)Cc2cc(F)ccc2Br)c1. The van der Waals surface area contributed by atoms with Crippen LogP contribution in [0.1, 0.15) is 22.3 Å². The van der Waals surface area contributed by atoms with Crippen molar-refractivity contribution in [1.82, 2.24) is 0 Å². The summed E-state index contributed by atoms with van der Waals surface area (Å²) in [6.45, 7) is 4.04. The molecule has 2 rings (SSSR count). The molecule has 104 valence electrons. The van der Waals surface area contributed by atoms with E-state index in [0.717, 1.165) is 21.2 Å². The van der Waals surface area contributed by atoms with Gasteiger partial charge < -0.3 is 0 Å². The second kappa shape index (κ2) is 6.31. The molecule has 20 heavy (non-hydrogen) atoms. The largest absolute Gasteiger partial charge is 0.299 e. The lowest BCUT2D eigenvalue weighted by atomic mass is 10.00. The number of carbonyl (C=O) groups excluding carboxylic acids is 1. The Kier molecular flexibility index (Phi) is 4.71. The molecule has 0 spiro atoms. The Morgan fingerprint density at radius 3 is 2.35 bits per heavy atom. The van der Waals surface area contributed by atoms with Gasteiger partial charge in [-0.2, -0.15) is 0 Å². The van der Waals surface area contributed by atoms with Crippen LogP contribution in [0.3, 0.4) is 0 Å². The summed E-state index contributed by atoms with van der Waals surface area (Å²) in [5.41, 5.74) is 4.01. The Hall–Kier alpha value is -1.48. The van der Waals surface area contributed by atoms with E-state index in [1.807, 2.05) is 26.0 Å². The van der Waals surface area contributed by atoms with Crippen molar-refractivity contribution in [2.75, 3.05) is 0 Å². The van der Waals surface area contributed by atoms with E-state index in [-0.39, 0.29) is 18.0 Å². The zero-order chi connectivity index (χ0) is 14.7. The summed E-state index contributed by atoms with van der Waals surface area (Å²) in [7, 11) is 0. The molecular weight excluding hydrogens is 319 g/mol. The number of rotatable bonds is 4. The van der Waals surface area contributed by atoms with E-state index < -0.39 is 0 Å². The minimum absolute atomic E-state index is 0.0845.